The van der Waals surface area contributed by atoms with E-state index < -0.39 is 0 Å². The number of rotatable bonds is 2. The standard InChI is InChI=1S/C14H10ClN3O/c15-12-13(16-8-17-14(12)19)18-11-6-5-9-3-1-2-4-10(9)7-11/h1-8H,(H2,16,17,18,19). The number of anilines is 2. The first-order valence-electron chi connectivity index (χ1n) is 5.73. The first kappa shape index (κ1) is 11.7. The van der Waals surface area contributed by atoms with Crippen molar-refractivity contribution in [1.29, 1.82) is 0 Å². The number of nitrogens with one attached hydrogen (secondary N) is 2. The van der Waals surface area contributed by atoms with Crippen LogP contribution in [0.1, 0.15) is 0 Å². The molecule has 0 spiro atoms. The van der Waals surface area contributed by atoms with Crippen molar-refractivity contribution in [2.75, 3.05) is 5.32 Å². The quantitative estimate of drug-likeness (QED) is 0.752. The lowest BCUT2D eigenvalue weighted by molar-refractivity contribution is 1.12. The summed E-state index contributed by atoms with van der Waals surface area (Å²) in [5.74, 6) is 0.348. The van der Waals surface area contributed by atoms with Crippen molar-refractivity contribution >= 4 is 33.9 Å². The van der Waals surface area contributed by atoms with Crippen LogP contribution < -0.4 is 10.9 Å². The largest absolute Gasteiger partial charge is 0.339 e. The predicted octanol–water partition coefficient (Wildman–Crippen LogP) is 3.32. The van der Waals surface area contributed by atoms with Gasteiger partial charge in [0.2, 0.25) is 0 Å². The predicted molar refractivity (Wildman–Crippen MR) is 77.1 cm³/mol. The Bertz CT molecular complexity index is 798. The highest BCUT2D eigenvalue weighted by molar-refractivity contribution is 6.32. The molecule has 0 saturated heterocycles. The maximum atomic E-state index is 11.4. The van der Waals surface area contributed by atoms with Crippen LogP contribution in [-0.2, 0) is 0 Å². The average molecular weight is 272 g/mol. The molecule has 3 aromatic rings. The Hall–Kier alpha value is -2.33. The van der Waals surface area contributed by atoms with Gasteiger partial charge in [-0.1, -0.05) is 41.9 Å². The molecule has 0 radical (unpaired) electrons. The number of aromatic nitrogens is 2. The molecule has 0 atom stereocenters. The zero-order chi connectivity index (χ0) is 13.2. The van der Waals surface area contributed by atoms with Crippen LogP contribution in [-0.4, -0.2) is 9.97 Å². The van der Waals surface area contributed by atoms with E-state index in [1.807, 2.05) is 42.5 Å². The third-order valence-corrected chi connectivity index (χ3v) is 3.16. The van der Waals surface area contributed by atoms with Crippen LogP contribution in [0.15, 0.2) is 53.6 Å². The molecule has 2 aromatic carbocycles. The summed E-state index contributed by atoms with van der Waals surface area (Å²) in [5.41, 5.74) is 0.471. The zero-order valence-electron chi connectivity index (χ0n) is 9.85. The van der Waals surface area contributed by atoms with E-state index in [1.165, 1.54) is 6.33 Å². The van der Waals surface area contributed by atoms with E-state index >= 15 is 0 Å². The second-order valence-corrected chi connectivity index (χ2v) is 4.46. The van der Waals surface area contributed by atoms with Crippen LogP contribution in [0.3, 0.4) is 0 Å². The molecule has 0 aliphatic heterocycles. The molecule has 2 N–H and O–H groups in total. The summed E-state index contributed by atoms with van der Waals surface area (Å²) in [6.07, 6.45) is 1.32. The second-order valence-electron chi connectivity index (χ2n) is 4.08. The minimum Gasteiger partial charge on any atom is -0.339 e. The average Bonchev–Trinajstić information content (AvgIpc) is 2.44. The third kappa shape index (κ3) is 2.30. The molecule has 1 aromatic heterocycles. The van der Waals surface area contributed by atoms with Crippen molar-refractivity contribution in [3.63, 3.8) is 0 Å². The number of fused-ring (bicyclic) bond motifs is 1. The molecule has 3 rings (SSSR count). The summed E-state index contributed by atoms with van der Waals surface area (Å²) >= 11 is 5.89. The van der Waals surface area contributed by atoms with Gasteiger partial charge in [-0.2, -0.15) is 0 Å². The number of hydrogen-bond donors (Lipinski definition) is 2. The zero-order valence-corrected chi connectivity index (χ0v) is 10.6. The summed E-state index contributed by atoms with van der Waals surface area (Å²) in [6.45, 7) is 0. The molecule has 0 bridgehead atoms. The van der Waals surface area contributed by atoms with E-state index in [0.717, 1.165) is 16.5 Å². The summed E-state index contributed by atoms with van der Waals surface area (Å²) in [7, 11) is 0. The molecule has 0 saturated carbocycles. The molecule has 0 fully saturated rings. The highest BCUT2D eigenvalue weighted by Gasteiger charge is 2.06. The topological polar surface area (TPSA) is 57.8 Å². The van der Waals surface area contributed by atoms with Gasteiger partial charge >= 0.3 is 0 Å². The van der Waals surface area contributed by atoms with Gasteiger partial charge in [0.1, 0.15) is 5.02 Å². The molecule has 0 aliphatic rings. The Labute approximate surface area is 114 Å². The maximum Gasteiger partial charge on any atom is 0.271 e. The maximum absolute atomic E-state index is 11.4. The number of benzene rings is 2. The van der Waals surface area contributed by atoms with Crippen molar-refractivity contribution in [1.82, 2.24) is 9.97 Å². The lowest BCUT2D eigenvalue weighted by Gasteiger charge is -2.07. The van der Waals surface area contributed by atoms with Gasteiger partial charge in [0.25, 0.3) is 5.56 Å². The molecule has 0 unspecified atom stereocenters. The lowest BCUT2D eigenvalue weighted by Crippen LogP contribution is -2.09. The summed E-state index contributed by atoms with van der Waals surface area (Å²) in [5, 5.41) is 5.35. The van der Waals surface area contributed by atoms with Crippen molar-refractivity contribution < 1.29 is 0 Å². The fourth-order valence-electron chi connectivity index (χ4n) is 1.87. The van der Waals surface area contributed by atoms with Gasteiger partial charge in [-0.15, -0.1) is 0 Å². The Morgan fingerprint density at radius 3 is 2.74 bits per heavy atom. The molecule has 4 nitrogen and oxygen atoms in total. The van der Waals surface area contributed by atoms with Crippen molar-refractivity contribution in [2.24, 2.45) is 0 Å². The van der Waals surface area contributed by atoms with Crippen molar-refractivity contribution in [3.8, 4) is 0 Å². The molecular formula is C14H10ClN3O. The number of H-pyrrole nitrogens is 1. The van der Waals surface area contributed by atoms with Crippen molar-refractivity contribution in [3.05, 3.63) is 64.2 Å². The lowest BCUT2D eigenvalue weighted by atomic mass is 10.1. The van der Waals surface area contributed by atoms with E-state index in [2.05, 4.69) is 15.3 Å². The smallest absolute Gasteiger partial charge is 0.271 e. The van der Waals surface area contributed by atoms with E-state index in [-0.39, 0.29) is 10.6 Å². The van der Waals surface area contributed by atoms with Gasteiger partial charge in [0.05, 0.1) is 6.33 Å². The van der Waals surface area contributed by atoms with E-state index in [1.54, 1.807) is 0 Å². The Kier molecular flexibility index (Phi) is 2.93. The van der Waals surface area contributed by atoms with Crippen LogP contribution in [0, 0.1) is 0 Å². The summed E-state index contributed by atoms with van der Waals surface area (Å²) < 4.78 is 0. The van der Waals surface area contributed by atoms with Gasteiger partial charge in [0.15, 0.2) is 5.82 Å². The fourth-order valence-corrected chi connectivity index (χ4v) is 2.02. The molecule has 94 valence electrons. The number of aromatic amines is 1. The van der Waals surface area contributed by atoms with Crippen LogP contribution in [0.25, 0.3) is 10.8 Å². The van der Waals surface area contributed by atoms with E-state index in [4.69, 9.17) is 11.6 Å². The highest BCUT2D eigenvalue weighted by atomic mass is 35.5. The molecule has 5 heteroatoms. The van der Waals surface area contributed by atoms with Crippen LogP contribution >= 0.6 is 11.6 Å². The summed E-state index contributed by atoms with van der Waals surface area (Å²) in [6, 6.07) is 13.9. The normalized spacial score (nSPS) is 10.6. The summed E-state index contributed by atoms with van der Waals surface area (Å²) in [4.78, 5) is 17.8. The Morgan fingerprint density at radius 1 is 1.11 bits per heavy atom. The Morgan fingerprint density at radius 2 is 1.89 bits per heavy atom. The monoisotopic (exact) mass is 271 g/mol. The third-order valence-electron chi connectivity index (χ3n) is 2.81. The molecular weight excluding hydrogens is 262 g/mol. The fraction of sp³-hybridized carbons (Fsp3) is 0. The molecule has 1 heterocycles. The minimum atomic E-state index is -0.361. The SMILES string of the molecule is O=c1[nH]cnc(Nc2ccc3ccccc3c2)c1Cl. The molecule has 19 heavy (non-hydrogen) atoms. The van der Waals surface area contributed by atoms with Crippen LogP contribution in [0.5, 0.6) is 0 Å². The molecule has 0 aliphatic carbocycles. The van der Waals surface area contributed by atoms with Gasteiger partial charge in [0, 0.05) is 5.69 Å². The first-order valence-corrected chi connectivity index (χ1v) is 6.11. The number of halogens is 1. The highest BCUT2D eigenvalue weighted by Crippen LogP contribution is 2.23. The van der Waals surface area contributed by atoms with Crippen LogP contribution in [0.4, 0.5) is 11.5 Å². The van der Waals surface area contributed by atoms with Crippen LogP contribution in [0.2, 0.25) is 5.02 Å². The van der Waals surface area contributed by atoms with Crippen molar-refractivity contribution in [2.45, 2.75) is 0 Å². The minimum absolute atomic E-state index is 0.0515. The van der Waals surface area contributed by atoms with E-state index in [9.17, 15) is 4.79 Å². The van der Waals surface area contributed by atoms with Gasteiger partial charge in [-0.05, 0) is 22.9 Å². The van der Waals surface area contributed by atoms with Gasteiger partial charge in [-0.25, -0.2) is 4.98 Å². The Balaban J connectivity index is 2.01. The van der Waals surface area contributed by atoms with E-state index in [0.29, 0.717) is 5.82 Å². The van der Waals surface area contributed by atoms with Gasteiger partial charge in [-0.3, -0.25) is 4.79 Å². The number of hydrogen-bond acceptors (Lipinski definition) is 3. The second kappa shape index (κ2) is 4.74. The van der Waals surface area contributed by atoms with Gasteiger partial charge < -0.3 is 10.3 Å². The molecule has 0 amide bonds. The number of nitrogens with zero attached hydrogens (tertiary/aromatic N) is 1. The first-order chi connectivity index (χ1) is 9.24.